The third kappa shape index (κ3) is 2.75. The number of aromatic nitrogens is 2. The standard InChI is InChI=1S/C12H10BrF3N2O/c1-18-6-10(12(14,15)16)17-11(18)8-4-3-7(13)5-9(8)19-2/h3-6H,1-2H3. The number of hydrogen-bond acceptors (Lipinski definition) is 2. The Morgan fingerprint density at radius 2 is 2.00 bits per heavy atom. The quantitative estimate of drug-likeness (QED) is 0.833. The van der Waals surface area contributed by atoms with Crippen molar-refractivity contribution in [1.82, 2.24) is 9.55 Å². The molecule has 0 aliphatic heterocycles. The van der Waals surface area contributed by atoms with Crippen molar-refractivity contribution < 1.29 is 17.9 Å². The van der Waals surface area contributed by atoms with Gasteiger partial charge in [-0.15, -0.1) is 0 Å². The predicted octanol–water partition coefficient (Wildman–Crippen LogP) is 3.88. The van der Waals surface area contributed by atoms with Crippen LogP contribution in [0.4, 0.5) is 13.2 Å². The molecule has 0 amide bonds. The molecule has 2 aromatic rings. The van der Waals surface area contributed by atoms with Crippen molar-refractivity contribution in [3.05, 3.63) is 34.6 Å². The van der Waals surface area contributed by atoms with Crippen LogP contribution in [0.15, 0.2) is 28.9 Å². The summed E-state index contributed by atoms with van der Waals surface area (Å²) in [6, 6.07) is 5.06. The minimum absolute atomic E-state index is 0.205. The van der Waals surface area contributed by atoms with E-state index in [2.05, 4.69) is 20.9 Å². The van der Waals surface area contributed by atoms with Gasteiger partial charge in [0.05, 0.1) is 12.7 Å². The zero-order valence-corrected chi connectivity index (χ0v) is 11.7. The van der Waals surface area contributed by atoms with Gasteiger partial charge in [0.25, 0.3) is 0 Å². The second kappa shape index (κ2) is 4.88. The first-order valence-corrected chi connectivity index (χ1v) is 6.06. The number of nitrogens with zero attached hydrogens (tertiary/aromatic N) is 2. The van der Waals surface area contributed by atoms with E-state index in [9.17, 15) is 13.2 Å². The van der Waals surface area contributed by atoms with Gasteiger partial charge in [0.1, 0.15) is 11.6 Å². The van der Waals surface area contributed by atoms with Gasteiger partial charge < -0.3 is 9.30 Å². The van der Waals surface area contributed by atoms with Crippen LogP contribution in [-0.2, 0) is 13.2 Å². The van der Waals surface area contributed by atoms with E-state index >= 15 is 0 Å². The molecular weight excluding hydrogens is 325 g/mol. The molecule has 0 N–H and O–H groups in total. The molecule has 0 fully saturated rings. The Balaban J connectivity index is 2.56. The lowest BCUT2D eigenvalue weighted by molar-refractivity contribution is -0.140. The van der Waals surface area contributed by atoms with Gasteiger partial charge >= 0.3 is 6.18 Å². The monoisotopic (exact) mass is 334 g/mol. The van der Waals surface area contributed by atoms with Gasteiger partial charge in [0, 0.05) is 17.7 Å². The highest BCUT2D eigenvalue weighted by Gasteiger charge is 2.34. The normalized spacial score (nSPS) is 11.7. The Kier molecular flexibility index (Phi) is 3.58. The van der Waals surface area contributed by atoms with E-state index in [0.29, 0.717) is 11.3 Å². The van der Waals surface area contributed by atoms with E-state index in [1.807, 2.05) is 0 Å². The molecule has 2 rings (SSSR count). The van der Waals surface area contributed by atoms with Crippen molar-refractivity contribution in [1.29, 1.82) is 0 Å². The molecule has 7 heteroatoms. The predicted molar refractivity (Wildman–Crippen MR) is 67.9 cm³/mol. The lowest BCUT2D eigenvalue weighted by Crippen LogP contribution is -2.04. The molecular formula is C12H10BrF3N2O. The van der Waals surface area contributed by atoms with Crippen molar-refractivity contribution in [2.75, 3.05) is 7.11 Å². The summed E-state index contributed by atoms with van der Waals surface area (Å²) in [4.78, 5) is 3.63. The maximum Gasteiger partial charge on any atom is 0.434 e. The van der Waals surface area contributed by atoms with E-state index in [1.165, 1.54) is 18.7 Å². The summed E-state index contributed by atoms with van der Waals surface area (Å²) in [6.45, 7) is 0. The number of aryl methyl sites for hydroxylation is 1. The topological polar surface area (TPSA) is 27.1 Å². The molecule has 0 bridgehead atoms. The van der Waals surface area contributed by atoms with Crippen LogP contribution in [0.1, 0.15) is 5.69 Å². The molecule has 0 spiro atoms. The number of hydrogen-bond donors (Lipinski definition) is 0. The Bertz CT molecular complexity index is 608. The summed E-state index contributed by atoms with van der Waals surface area (Å²) in [5.74, 6) is 0.661. The Morgan fingerprint density at radius 3 is 2.53 bits per heavy atom. The smallest absolute Gasteiger partial charge is 0.434 e. The van der Waals surface area contributed by atoms with Gasteiger partial charge in [0.15, 0.2) is 5.69 Å². The molecule has 3 nitrogen and oxygen atoms in total. The highest BCUT2D eigenvalue weighted by atomic mass is 79.9. The zero-order chi connectivity index (χ0) is 14.2. The Morgan fingerprint density at radius 1 is 1.32 bits per heavy atom. The molecule has 0 saturated carbocycles. The number of imidazole rings is 1. The van der Waals surface area contributed by atoms with Crippen molar-refractivity contribution in [2.45, 2.75) is 6.18 Å². The average molecular weight is 335 g/mol. The number of halogens is 4. The summed E-state index contributed by atoms with van der Waals surface area (Å²) < 4.78 is 45.2. The molecule has 0 saturated heterocycles. The molecule has 0 radical (unpaired) electrons. The molecule has 0 unspecified atom stereocenters. The minimum Gasteiger partial charge on any atom is -0.496 e. The molecule has 1 aromatic carbocycles. The average Bonchev–Trinajstić information content (AvgIpc) is 2.71. The first-order chi connectivity index (χ1) is 8.82. The first kappa shape index (κ1) is 13.9. The third-order valence-electron chi connectivity index (χ3n) is 2.57. The molecule has 1 heterocycles. The van der Waals surface area contributed by atoms with Crippen LogP contribution in [0.3, 0.4) is 0 Å². The molecule has 0 aliphatic carbocycles. The van der Waals surface area contributed by atoms with Crippen LogP contribution in [0, 0.1) is 0 Å². The Hall–Kier alpha value is -1.50. The number of benzene rings is 1. The van der Waals surface area contributed by atoms with Gasteiger partial charge in [-0.2, -0.15) is 13.2 Å². The van der Waals surface area contributed by atoms with Gasteiger partial charge in [-0.25, -0.2) is 4.98 Å². The Labute approximate surface area is 116 Å². The summed E-state index contributed by atoms with van der Waals surface area (Å²) in [5.41, 5.74) is -0.418. The zero-order valence-electron chi connectivity index (χ0n) is 10.1. The fourth-order valence-corrected chi connectivity index (χ4v) is 2.04. The van der Waals surface area contributed by atoms with Crippen molar-refractivity contribution in [3.63, 3.8) is 0 Å². The van der Waals surface area contributed by atoms with E-state index < -0.39 is 11.9 Å². The van der Waals surface area contributed by atoms with Crippen LogP contribution in [0.25, 0.3) is 11.4 Å². The second-order valence-corrected chi connectivity index (χ2v) is 4.82. The fraction of sp³-hybridized carbons (Fsp3) is 0.250. The lowest BCUT2D eigenvalue weighted by Gasteiger charge is -2.08. The van der Waals surface area contributed by atoms with Gasteiger partial charge in [-0.3, -0.25) is 0 Å². The van der Waals surface area contributed by atoms with Crippen molar-refractivity contribution in [2.24, 2.45) is 7.05 Å². The summed E-state index contributed by atoms with van der Waals surface area (Å²) in [5, 5.41) is 0. The number of rotatable bonds is 2. The molecule has 102 valence electrons. The van der Waals surface area contributed by atoms with E-state index in [0.717, 1.165) is 10.7 Å². The summed E-state index contributed by atoms with van der Waals surface area (Å²) in [6.07, 6.45) is -3.50. The first-order valence-electron chi connectivity index (χ1n) is 5.27. The summed E-state index contributed by atoms with van der Waals surface area (Å²) >= 11 is 3.28. The van der Waals surface area contributed by atoms with Crippen molar-refractivity contribution >= 4 is 15.9 Å². The third-order valence-corrected chi connectivity index (χ3v) is 3.06. The van der Waals surface area contributed by atoms with Gasteiger partial charge in [0.2, 0.25) is 0 Å². The molecule has 1 aromatic heterocycles. The molecule has 0 atom stereocenters. The van der Waals surface area contributed by atoms with Gasteiger partial charge in [-0.1, -0.05) is 15.9 Å². The van der Waals surface area contributed by atoms with Gasteiger partial charge in [-0.05, 0) is 18.2 Å². The van der Waals surface area contributed by atoms with Crippen LogP contribution in [-0.4, -0.2) is 16.7 Å². The second-order valence-electron chi connectivity index (χ2n) is 3.90. The fourth-order valence-electron chi connectivity index (χ4n) is 1.70. The van der Waals surface area contributed by atoms with Crippen LogP contribution in [0.2, 0.25) is 0 Å². The van der Waals surface area contributed by atoms with E-state index in [-0.39, 0.29) is 5.82 Å². The maximum atomic E-state index is 12.6. The highest BCUT2D eigenvalue weighted by Crippen LogP contribution is 2.35. The molecule has 0 aliphatic rings. The largest absolute Gasteiger partial charge is 0.496 e. The van der Waals surface area contributed by atoms with Crippen molar-refractivity contribution in [3.8, 4) is 17.1 Å². The van der Waals surface area contributed by atoms with Crippen LogP contribution in [0.5, 0.6) is 5.75 Å². The molecule has 19 heavy (non-hydrogen) atoms. The number of methoxy groups -OCH3 is 1. The minimum atomic E-state index is -4.46. The lowest BCUT2D eigenvalue weighted by atomic mass is 10.2. The van der Waals surface area contributed by atoms with E-state index in [1.54, 1.807) is 18.2 Å². The van der Waals surface area contributed by atoms with Crippen LogP contribution >= 0.6 is 15.9 Å². The number of alkyl halides is 3. The SMILES string of the molecule is COc1cc(Br)ccc1-c1nc(C(F)(F)F)cn1C. The van der Waals surface area contributed by atoms with Crippen LogP contribution < -0.4 is 4.74 Å². The maximum absolute atomic E-state index is 12.6. The highest BCUT2D eigenvalue weighted by molar-refractivity contribution is 9.10. The summed E-state index contributed by atoms with van der Waals surface area (Å²) in [7, 11) is 2.97. The number of ether oxygens (including phenoxy) is 1. The van der Waals surface area contributed by atoms with E-state index in [4.69, 9.17) is 4.74 Å².